The maximum atomic E-state index is 11.9. The number of hydrogen-bond donors (Lipinski definition) is 0. The summed E-state index contributed by atoms with van der Waals surface area (Å²) >= 11 is 0. The second-order valence-electron chi connectivity index (χ2n) is 4.44. The average Bonchev–Trinajstić information content (AvgIpc) is 2.81. The number of nitrogens with zero attached hydrogens (tertiary/aromatic N) is 2. The van der Waals surface area contributed by atoms with Crippen molar-refractivity contribution in [2.24, 2.45) is 0 Å². The minimum absolute atomic E-state index is 0.0317. The molecule has 1 aliphatic carbocycles. The van der Waals surface area contributed by atoms with Gasteiger partial charge < -0.3 is 4.42 Å². The molecule has 2 heterocycles. The maximum absolute atomic E-state index is 11.9. The molecule has 2 aromatic rings. The first-order chi connectivity index (χ1) is 8.59. The summed E-state index contributed by atoms with van der Waals surface area (Å²) in [4.78, 5) is 32.0. The SMILES string of the molecule is CC(C)c1nc2c(o1)C(=O)C(=O)c1ncccc1-2. The number of pyridine rings is 1. The Balaban J connectivity index is 2.31. The second-order valence-corrected chi connectivity index (χ2v) is 4.44. The summed E-state index contributed by atoms with van der Waals surface area (Å²) in [5, 5.41) is 0. The lowest BCUT2D eigenvalue weighted by atomic mass is 9.95. The summed E-state index contributed by atoms with van der Waals surface area (Å²) in [6, 6.07) is 3.42. The Hall–Kier alpha value is -2.30. The molecule has 0 atom stereocenters. The maximum Gasteiger partial charge on any atom is 0.272 e. The first kappa shape index (κ1) is 10.8. The first-order valence-electron chi connectivity index (χ1n) is 5.64. The molecular weight excluding hydrogens is 232 g/mol. The predicted octanol–water partition coefficient (Wildman–Crippen LogP) is 2.24. The molecule has 0 spiro atoms. The van der Waals surface area contributed by atoms with Crippen LogP contribution >= 0.6 is 0 Å². The molecule has 0 saturated heterocycles. The van der Waals surface area contributed by atoms with Crippen molar-refractivity contribution in [3.8, 4) is 11.3 Å². The van der Waals surface area contributed by atoms with Crippen LogP contribution in [0.2, 0.25) is 0 Å². The van der Waals surface area contributed by atoms with Crippen LogP contribution in [0.25, 0.3) is 11.3 Å². The smallest absolute Gasteiger partial charge is 0.272 e. The standard InChI is InChI=1S/C13H10N2O3/c1-6(2)13-15-9-7-4-3-5-14-8(7)10(16)11(17)12(9)18-13/h3-6H,1-2H3. The van der Waals surface area contributed by atoms with Gasteiger partial charge in [0.05, 0.1) is 0 Å². The van der Waals surface area contributed by atoms with Crippen molar-refractivity contribution in [3.05, 3.63) is 35.7 Å². The van der Waals surface area contributed by atoms with Crippen LogP contribution < -0.4 is 0 Å². The lowest BCUT2D eigenvalue weighted by Crippen LogP contribution is -2.21. The Morgan fingerprint density at radius 1 is 1.17 bits per heavy atom. The zero-order valence-electron chi connectivity index (χ0n) is 9.93. The number of ketones is 2. The van der Waals surface area contributed by atoms with E-state index < -0.39 is 11.6 Å². The number of Topliss-reactive ketones (excluding diaryl/α,β-unsaturated/α-hetero) is 2. The van der Waals surface area contributed by atoms with Gasteiger partial charge in [-0.15, -0.1) is 0 Å². The molecule has 0 fully saturated rings. The molecule has 90 valence electrons. The fraction of sp³-hybridized carbons (Fsp3) is 0.231. The first-order valence-corrected chi connectivity index (χ1v) is 5.64. The van der Waals surface area contributed by atoms with Crippen LogP contribution in [0.4, 0.5) is 0 Å². The molecule has 0 aliphatic heterocycles. The van der Waals surface area contributed by atoms with E-state index in [1.54, 1.807) is 12.1 Å². The molecular formula is C13H10N2O3. The summed E-state index contributed by atoms with van der Waals surface area (Å²) in [5.74, 6) is -0.763. The Kier molecular flexibility index (Phi) is 2.16. The van der Waals surface area contributed by atoms with Gasteiger partial charge in [-0.25, -0.2) is 4.98 Å². The molecule has 2 aromatic heterocycles. The van der Waals surface area contributed by atoms with E-state index in [0.717, 1.165) is 0 Å². The lowest BCUT2D eigenvalue weighted by molar-refractivity contribution is 0.0795. The van der Waals surface area contributed by atoms with Crippen molar-refractivity contribution < 1.29 is 14.0 Å². The van der Waals surface area contributed by atoms with Crippen LogP contribution in [0.5, 0.6) is 0 Å². The van der Waals surface area contributed by atoms with Gasteiger partial charge in [0.1, 0.15) is 11.4 Å². The average molecular weight is 242 g/mol. The highest BCUT2D eigenvalue weighted by Crippen LogP contribution is 2.33. The minimum atomic E-state index is -0.671. The summed E-state index contributed by atoms with van der Waals surface area (Å²) in [6.45, 7) is 3.82. The van der Waals surface area contributed by atoms with Gasteiger partial charge in [-0.05, 0) is 12.1 Å². The quantitative estimate of drug-likeness (QED) is 0.717. The number of carbonyl (C=O) groups is 2. The van der Waals surface area contributed by atoms with Crippen LogP contribution in [0, 0.1) is 0 Å². The third kappa shape index (κ3) is 1.33. The third-order valence-corrected chi connectivity index (χ3v) is 2.83. The van der Waals surface area contributed by atoms with Gasteiger partial charge in [0.15, 0.2) is 5.89 Å². The fourth-order valence-electron chi connectivity index (χ4n) is 1.91. The number of fused-ring (bicyclic) bond motifs is 3. The summed E-state index contributed by atoms with van der Waals surface area (Å²) in [7, 11) is 0. The van der Waals surface area contributed by atoms with Gasteiger partial charge in [0.2, 0.25) is 5.76 Å². The van der Waals surface area contributed by atoms with Crippen molar-refractivity contribution in [1.29, 1.82) is 0 Å². The van der Waals surface area contributed by atoms with Crippen LogP contribution in [0.1, 0.15) is 46.7 Å². The van der Waals surface area contributed by atoms with Crippen molar-refractivity contribution >= 4 is 11.6 Å². The molecule has 5 nitrogen and oxygen atoms in total. The predicted molar refractivity (Wildman–Crippen MR) is 62.5 cm³/mol. The van der Waals surface area contributed by atoms with Gasteiger partial charge >= 0.3 is 0 Å². The molecule has 0 amide bonds. The lowest BCUT2D eigenvalue weighted by Gasteiger charge is -2.09. The summed E-state index contributed by atoms with van der Waals surface area (Å²) in [6.07, 6.45) is 1.48. The van der Waals surface area contributed by atoms with Gasteiger partial charge in [0, 0.05) is 17.7 Å². The van der Waals surface area contributed by atoms with Gasteiger partial charge in [-0.1, -0.05) is 13.8 Å². The highest BCUT2D eigenvalue weighted by atomic mass is 16.4. The Bertz CT molecular complexity index is 671. The van der Waals surface area contributed by atoms with Crippen LogP contribution in [-0.2, 0) is 0 Å². The number of hydrogen-bond acceptors (Lipinski definition) is 5. The largest absolute Gasteiger partial charge is 0.436 e. The van der Waals surface area contributed by atoms with Crippen molar-refractivity contribution in [2.75, 3.05) is 0 Å². The zero-order valence-corrected chi connectivity index (χ0v) is 9.93. The van der Waals surface area contributed by atoms with Gasteiger partial charge in [-0.2, -0.15) is 0 Å². The third-order valence-electron chi connectivity index (χ3n) is 2.83. The van der Waals surface area contributed by atoms with Crippen molar-refractivity contribution in [3.63, 3.8) is 0 Å². The molecule has 0 N–H and O–H groups in total. The minimum Gasteiger partial charge on any atom is -0.436 e. The molecule has 0 radical (unpaired) electrons. The van der Waals surface area contributed by atoms with E-state index >= 15 is 0 Å². The topological polar surface area (TPSA) is 73.1 Å². The molecule has 0 aromatic carbocycles. The van der Waals surface area contributed by atoms with E-state index in [-0.39, 0.29) is 17.4 Å². The normalized spacial score (nSPS) is 13.7. The van der Waals surface area contributed by atoms with E-state index in [9.17, 15) is 9.59 Å². The van der Waals surface area contributed by atoms with Crippen LogP contribution in [-0.4, -0.2) is 21.5 Å². The van der Waals surface area contributed by atoms with E-state index in [1.807, 2.05) is 13.8 Å². The van der Waals surface area contributed by atoms with E-state index in [4.69, 9.17) is 4.42 Å². The Morgan fingerprint density at radius 3 is 2.67 bits per heavy atom. The van der Waals surface area contributed by atoms with E-state index in [2.05, 4.69) is 9.97 Å². The van der Waals surface area contributed by atoms with Crippen LogP contribution in [0.15, 0.2) is 22.7 Å². The fourth-order valence-corrected chi connectivity index (χ4v) is 1.91. The molecule has 1 aliphatic rings. The Morgan fingerprint density at radius 2 is 1.94 bits per heavy atom. The summed E-state index contributed by atoms with van der Waals surface area (Å²) < 4.78 is 5.40. The van der Waals surface area contributed by atoms with Crippen molar-refractivity contribution in [1.82, 2.24) is 9.97 Å². The molecule has 0 saturated carbocycles. The molecule has 5 heteroatoms. The summed E-state index contributed by atoms with van der Waals surface area (Å²) in [5.41, 5.74) is 1.14. The monoisotopic (exact) mass is 242 g/mol. The molecule has 0 bridgehead atoms. The number of carbonyl (C=O) groups excluding carboxylic acids is 2. The molecule has 0 unspecified atom stereocenters. The zero-order chi connectivity index (χ0) is 12.9. The highest BCUT2D eigenvalue weighted by molar-refractivity contribution is 6.51. The number of rotatable bonds is 1. The van der Waals surface area contributed by atoms with E-state index in [1.165, 1.54) is 6.20 Å². The van der Waals surface area contributed by atoms with Gasteiger partial charge in [0.25, 0.3) is 11.6 Å². The Labute approximate surface area is 103 Å². The molecule has 3 rings (SSSR count). The van der Waals surface area contributed by atoms with Gasteiger partial charge in [-0.3, -0.25) is 14.6 Å². The highest BCUT2D eigenvalue weighted by Gasteiger charge is 2.36. The number of aromatic nitrogens is 2. The van der Waals surface area contributed by atoms with E-state index in [0.29, 0.717) is 17.1 Å². The molecule has 18 heavy (non-hydrogen) atoms. The number of oxazole rings is 1. The second kappa shape index (κ2) is 3.60. The van der Waals surface area contributed by atoms with Crippen molar-refractivity contribution in [2.45, 2.75) is 19.8 Å². The van der Waals surface area contributed by atoms with Crippen LogP contribution in [0.3, 0.4) is 0 Å².